The fourth-order valence-corrected chi connectivity index (χ4v) is 1.94. The topological polar surface area (TPSA) is 138 Å². The number of hydrogen-bond donors (Lipinski definition) is 3. The highest BCUT2D eigenvalue weighted by Gasteiger charge is 2.54. The minimum atomic E-state index is -2.60. The van der Waals surface area contributed by atoms with Gasteiger partial charge in [0, 0.05) is 6.92 Å². The van der Waals surface area contributed by atoms with Crippen LogP contribution >= 0.6 is 0 Å². The summed E-state index contributed by atoms with van der Waals surface area (Å²) >= 11 is 0. The van der Waals surface area contributed by atoms with Crippen molar-refractivity contribution < 1.29 is 39.2 Å². The van der Waals surface area contributed by atoms with Crippen LogP contribution in [0, 0.1) is 5.92 Å². The van der Waals surface area contributed by atoms with E-state index in [1.807, 2.05) is 0 Å². The van der Waals surface area contributed by atoms with Crippen molar-refractivity contribution in [3.05, 3.63) is 0 Å². The lowest BCUT2D eigenvalue weighted by Crippen LogP contribution is -2.53. The van der Waals surface area contributed by atoms with Gasteiger partial charge in [-0.05, 0) is 6.42 Å². The normalized spacial score (nSPS) is 14.9. The summed E-state index contributed by atoms with van der Waals surface area (Å²) in [7, 11) is 0. The van der Waals surface area contributed by atoms with E-state index in [0.717, 1.165) is 6.92 Å². The van der Waals surface area contributed by atoms with Gasteiger partial charge in [-0.1, -0.05) is 19.8 Å². The fourth-order valence-electron chi connectivity index (χ4n) is 1.94. The Kier molecular flexibility index (Phi) is 6.67. The number of hydrogen-bond acceptors (Lipinski definition) is 5. The minimum absolute atomic E-state index is 0.0985. The van der Waals surface area contributed by atoms with Crippen molar-refractivity contribution in [1.29, 1.82) is 0 Å². The molecule has 8 heteroatoms. The second-order valence-corrected chi connectivity index (χ2v) is 4.39. The van der Waals surface area contributed by atoms with Gasteiger partial charge < -0.3 is 20.1 Å². The zero-order valence-corrected chi connectivity index (χ0v) is 11.3. The van der Waals surface area contributed by atoms with Crippen LogP contribution in [-0.2, 0) is 23.9 Å². The number of ether oxygens (including phenoxy) is 1. The van der Waals surface area contributed by atoms with E-state index in [1.165, 1.54) is 0 Å². The Morgan fingerprint density at radius 2 is 1.70 bits per heavy atom. The predicted molar refractivity (Wildman–Crippen MR) is 65.0 cm³/mol. The molecule has 0 saturated heterocycles. The summed E-state index contributed by atoms with van der Waals surface area (Å²) in [5.41, 5.74) is -2.60. The van der Waals surface area contributed by atoms with E-state index in [-0.39, 0.29) is 6.42 Å². The molecule has 3 N–H and O–H groups in total. The molecule has 0 aliphatic rings. The lowest BCUT2D eigenvalue weighted by atomic mass is 9.80. The van der Waals surface area contributed by atoms with Gasteiger partial charge in [-0.2, -0.15) is 0 Å². The average Bonchev–Trinajstić information content (AvgIpc) is 2.26. The largest absolute Gasteiger partial charge is 0.481 e. The van der Waals surface area contributed by atoms with E-state index in [1.54, 1.807) is 6.92 Å². The van der Waals surface area contributed by atoms with E-state index >= 15 is 0 Å². The first-order chi connectivity index (χ1) is 9.17. The molecule has 0 aliphatic carbocycles. The maximum atomic E-state index is 11.4. The smallest absolute Gasteiger partial charge is 0.349 e. The van der Waals surface area contributed by atoms with Crippen LogP contribution in [0.2, 0.25) is 0 Å². The summed E-state index contributed by atoms with van der Waals surface area (Å²) in [6.07, 6.45) is -0.249. The lowest BCUT2D eigenvalue weighted by molar-refractivity contribution is -0.193. The number of carbonyl (C=O) groups is 4. The molecule has 0 aliphatic heterocycles. The second kappa shape index (κ2) is 7.46. The molecule has 0 aromatic rings. The molecular weight excluding hydrogens is 272 g/mol. The Morgan fingerprint density at radius 3 is 2.00 bits per heavy atom. The zero-order chi connectivity index (χ0) is 15.9. The average molecular weight is 290 g/mol. The van der Waals surface area contributed by atoms with E-state index < -0.39 is 41.8 Å². The Bertz CT molecular complexity index is 384. The van der Waals surface area contributed by atoms with Gasteiger partial charge in [-0.3, -0.25) is 14.4 Å². The van der Waals surface area contributed by atoms with E-state index in [9.17, 15) is 24.3 Å². The molecule has 0 spiro atoms. The summed E-state index contributed by atoms with van der Waals surface area (Å²) in [5, 5.41) is 27.2. The number of carbonyl (C=O) groups excluding carboxylic acids is 1. The van der Waals surface area contributed by atoms with Gasteiger partial charge in [-0.15, -0.1) is 0 Å². The van der Waals surface area contributed by atoms with Crippen LogP contribution in [0.5, 0.6) is 0 Å². The maximum Gasteiger partial charge on any atom is 0.349 e. The number of unbranched alkanes of at least 4 members (excludes halogenated alkanes) is 1. The highest BCUT2D eigenvalue weighted by molar-refractivity contribution is 5.91. The molecule has 114 valence electrons. The molecule has 0 saturated carbocycles. The van der Waals surface area contributed by atoms with Crippen molar-refractivity contribution in [3.63, 3.8) is 0 Å². The van der Waals surface area contributed by atoms with Crippen LogP contribution in [0.25, 0.3) is 0 Å². The fraction of sp³-hybridized carbons (Fsp3) is 0.667. The monoisotopic (exact) mass is 290 g/mol. The summed E-state index contributed by atoms with van der Waals surface area (Å²) < 4.78 is 4.63. The number of carboxylic acids is 3. The van der Waals surface area contributed by atoms with Crippen LogP contribution in [-0.4, -0.2) is 44.8 Å². The molecule has 0 heterocycles. The summed E-state index contributed by atoms with van der Waals surface area (Å²) in [4.78, 5) is 44.6. The Hall–Kier alpha value is -2.12. The first kappa shape index (κ1) is 17.9. The van der Waals surface area contributed by atoms with Crippen molar-refractivity contribution in [1.82, 2.24) is 0 Å². The molecule has 0 amide bonds. The first-order valence-electron chi connectivity index (χ1n) is 6.05. The van der Waals surface area contributed by atoms with Crippen molar-refractivity contribution in [2.75, 3.05) is 0 Å². The molecule has 0 fully saturated rings. The van der Waals surface area contributed by atoms with Gasteiger partial charge in [-0.25, -0.2) is 4.79 Å². The standard InChI is InChI=1S/C12H18O8/c1-3-4-5-8(10(16)17)12(11(18)19,6-9(14)15)20-7(2)13/h8H,3-6H2,1-2H3,(H,14,15)(H,16,17)(H,18,19). The Labute approximate surface area is 115 Å². The molecule has 8 nitrogen and oxygen atoms in total. The Balaban J connectivity index is 5.72. The predicted octanol–water partition coefficient (Wildman–Crippen LogP) is 0.739. The number of carboxylic acid groups (broad SMARTS) is 3. The number of rotatable bonds is 9. The molecule has 0 aromatic heterocycles. The third-order valence-corrected chi connectivity index (χ3v) is 2.81. The van der Waals surface area contributed by atoms with Gasteiger partial charge in [0.25, 0.3) is 0 Å². The minimum Gasteiger partial charge on any atom is -0.481 e. The van der Waals surface area contributed by atoms with Crippen molar-refractivity contribution in [2.45, 2.75) is 45.1 Å². The molecule has 0 radical (unpaired) electrons. The molecule has 0 bridgehead atoms. The Morgan fingerprint density at radius 1 is 1.15 bits per heavy atom. The molecule has 0 aromatic carbocycles. The van der Waals surface area contributed by atoms with E-state index in [2.05, 4.69) is 4.74 Å². The van der Waals surface area contributed by atoms with Crippen molar-refractivity contribution in [3.8, 4) is 0 Å². The maximum absolute atomic E-state index is 11.4. The first-order valence-corrected chi connectivity index (χ1v) is 6.05. The van der Waals surface area contributed by atoms with Gasteiger partial charge in [0.05, 0.1) is 6.42 Å². The SMILES string of the molecule is CCCCC(C(=O)O)C(CC(=O)O)(OC(C)=O)C(=O)O. The van der Waals surface area contributed by atoms with Crippen LogP contribution in [0.15, 0.2) is 0 Å². The molecule has 2 unspecified atom stereocenters. The highest BCUT2D eigenvalue weighted by atomic mass is 16.6. The highest BCUT2D eigenvalue weighted by Crippen LogP contribution is 2.32. The lowest BCUT2D eigenvalue weighted by Gasteiger charge is -2.32. The molecule has 20 heavy (non-hydrogen) atoms. The van der Waals surface area contributed by atoms with Crippen molar-refractivity contribution in [2.24, 2.45) is 5.92 Å². The quantitative estimate of drug-likeness (QED) is 0.528. The third kappa shape index (κ3) is 4.52. The van der Waals surface area contributed by atoms with Crippen LogP contribution in [0.1, 0.15) is 39.5 Å². The number of esters is 1. The second-order valence-electron chi connectivity index (χ2n) is 4.39. The summed E-state index contributed by atoms with van der Waals surface area (Å²) in [5.74, 6) is -7.52. The van der Waals surface area contributed by atoms with Crippen molar-refractivity contribution >= 4 is 23.9 Å². The van der Waals surface area contributed by atoms with E-state index in [4.69, 9.17) is 10.2 Å². The molecule has 2 atom stereocenters. The van der Waals surface area contributed by atoms with Gasteiger partial charge >= 0.3 is 23.9 Å². The van der Waals surface area contributed by atoms with Gasteiger partial charge in [0.2, 0.25) is 5.60 Å². The summed E-state index contributed by atoms with van der Waals surface area (Å²) in [6.45, 7) is 2.67. The third-order valence-electron chi connectivity index (χ3n) is 2.81. The van der Waals surface area contributed by atoms with Gasteiger partial charge in [0.15, 0.2) is 0 Å². The summed E-state index contributed by atoms with van der Waals surface area (Å²) in [6, 6.07) is 0. The van der Waals surface area contributed by atoms with Gasteiger partial charge in [0.1, 0.15) is 5.92 Å². The number of aliphatic carboxylic acids is 3. The molecule has 0 rings (SSSR count). The van der Waals surface area contributed by atoms with Crippen LogP contribution in [0.4, 0.5) is 0 Å². The van der Waals surface area contributed by atoms with E-state index in [0.29, 0.717) is 12.8 Å². The van der Waals surface area contributed by atoms with Crippen LogP contribution < -0.4 is 0 Å². The zero-order valence-electron chi connectivity index (χ0n) is 11.3. The van der Waals surface area contributed by atoms with Crippen LogP contribution in [0.3, 0.4) is 0 Å². The molecular formula is C12H18O8.